The maximum atomic E-state index is 13.8. The lowest BCUT2D eigenvalue weighted by Gasteiger charge is -2.16. The summed E-state index contributed by atoms with van der Waals surface area (Å²) in [4.78, 5) is 0. The zero-order valence-electron chi connectivity index (χ0n) is 9.80. The molecular formula is C12H11F3N2O. The van der Waals surface area contributed by atoms with Crippen LogP contribution in [-0.4, -0.2) is 5.16 Å². The van der Waals surface area contributed by atoms with Gasteiger partial charge in [0.2, 0.25) is 0 Å². The minimum atomic E-state index is -1.80. The van der Waals surface area contributed by atoms with E-state index in [0.29, 0.717) is 0 Å². The Bertz CT molecular complexity index is 587. The Morgan fingerprint density at radius 1 is 1.22 bits per heavy atom. The fraction of sp³-hybridized carbons (Fsp3) is 0.250. The maximum Gasteiger partial charge on any atom is 0.172 e. The van der Waals surface area contributed by atoms with Gasteiger partial charge >= 0.3 is 0 Å². The molecular weight excluding hydrogens is 245 g/mol. The van der Waals surface area contributed by atoms with Crippen molar-refractivity contribution in [1.82, 2.24) is 5.16 Å². The molecule has 0 aliphatic heterocycles. The summed E-state index contributed by atoms with van der Waals surface area (Å²) in [6.45, 7) is 2.50. The molecule has 18 heavy (non-hydrogen) atoms. The summed E-state index contributed by atoms with van der Waals surface area (Å²) in [5.41, 5.74) is 3.33. The van der Waals surface area contributed by atoms with E-state index in [9.17, 15) is 13.2 Å². The standard InChI is InChI=1S/C12H11F3N2O/c1-12(2,15)6-3-7(11(14)8(13)4-6)9-5-10(16)17-18-9/h3-5H,1-2H3,(H2,16,17). The summed E-state index contributed by atoms with van der Waals surface area (Å²) in [6, 6.07) is 3.24. The lowest BCUT2D eigenvalue weighted by molar-refractivity contribution is 0.220. The monoisotopic (exact) mass is 256 g/mol. The van der Waals surface area contributed by atoms with Crippen LogP contribution in [0.5, 0.6) is 0 Å². The van der Waals surface area contributed by atoms with Crippen molar-refractivity contribution in [3.8, 4) is 11.3 Å². The number of hydrogen-bond donors (Lipinski definition) is 1. The van der Waals surface area contributed by atoms with Gasteiger partial charge in [0, 0.05) is 6.07 Å². The predicted octanol–water partition coefficient (Wildman–Crippen LogP) is 3.41. The number of alkyl halides is 1. The number of nitrogens with zero attached hydrogens (tertiary/aromatic N) is 1. The molecule has 0 saturated heterocycles. The Labute approximate surface area is 101 Å². The van der Waals surface area contributed by atoms with Crippen molar-refractivity contribution in [2.75, 3.05) is 5.73 Å². The Morgan fingerprint density at radius 3 is 2.39 bits per heavy atom. The molecule has 0 fully saturated rings. The number of benzene rings is 1. The van der Waals surface area contributed by atoms with E-state index in [-0.39, 0.29) is 22.7 Å². The molecule has 0 unspecified atom stereocenters. The lowest BCUT2D eigenvalue weighted by Crippen LogP contribution is -2.10. The summed E-state index contributed by atoms with van der Waals surface area (Å²) >= 11 is 0. The second-order valence-corrected chi connectivity index (χ2v) is 4.41. The van der Waals surface area contributed by atoms with Crippen LogP contribution in [0.3, 0.4) is 0 Å². The van der Waals surface area contributed by atoms with Crippen molar-refractivity contribution < 1.29 is 17.7 Å². The Hall–Kier alpha value is -1.98. The molecule has 0 spiro atoms. The van der Waals surface area contributed by atoms with Crippen molar-refractivity contribution in [2.45, 2.75) is 19.5 Å². The normalized spacial score (nSPS) is 11.8. The molecule has 2 rings (SSSR count). The number of nitrogens with two attached hydrogens (primary N) is 1. The highest BCUT2D eigenvalue weighted by Gasteiger charge is 2.24. The van der Waals surface area contributed by atoms with E-state index in [1.807, 2.05) is 0 Å². The quantitative estimate of drug-likeness (QED) is 0.895. The van der Waals surface area contributed by atoms with Gasteiger partial charge in [0.15, 0.2) is 23.2 Å². The fourth-order valence-electron chi connectivity index (χ4n) is 1.53. The number of aromatic nitrogens is 1. The summed E-state index contributed by atoms with van der Waals surface area (Å²) in [6.07, 6.45) is 0. The second kappa shape index (κ2) is 4.04. The van der Waals surface area contributed by atoms with E-state index in [0.717, 1.165) is 6.07 Å². The van der Waals surface area contributed by atoms with Gasteiger partial charge in [-0.1, -0.05) is 5.16 Å². The first-order valence-corrected chi connectivity index (χ1v) is 5.20. The van der Waals surface area contributed by atoms with Gasteiger partial charge in [0.1, 0.15) is 5.67 Å². The molecule has 0 saturated carbocycles. The Kier molecular flexibility index (Phi) is 2.80. The third-order valence-corrected chi connectivity index (χ3v) is 2.51. The van der Waals surface area contributed by atoms with Gasteiger partial charge in [-0.15, -0.1) is 0 Å². The van der Waals surface area contributed by atoms with Crippen LogP contribution in [0, 0.1) is 11.6 Å². The minimum absolute atomic E-state index is 0.00590. The van der Waals surface area contributed by atoms with Gasteiger partial charge in [-0.2, -0.15) is 0 Å². The number of rotatable bonds is 2. The smallest absolute Gasteiger partial charge is 0.172 e. The van der Waals surface area contributed by atoms with Gasteiger partial charge in [-0.3, -0.25) is 0 Å². The van der Waals surface area contributed by atoms with Gasteiger partial charge in [-0.05, 0) is 31.5 Å². The zero-order valence-corrected chi connectivity index (χ0v) is 9.80. The molecule has 0 atom stereocenters. The molecule has 1 aromatic carbocycles. The molecule has 96 valence electrons. The third-order valence-electron chi connectivity index (χ3n) is 2.51. The number of hydrogen-bond acceptors (Lipinski definition) is 3. The summed E-state index contributed by atoms with van der Waals surface area (Å²) in [5.74, 6) is -2.29. The molecule has 2 aromatic rings. The van der Waals surface area contributed by atoms with E-state index in [4.69, 9.17) is 10.3 Å². The minimum Gasteiger partial charge on any atom is -0.381 e. The van der Waals surface area contributed by atoms with Gasteiger partial charge in [0.05, 0.1) is 5.56 Å². The van der Waals surface area contributed by atoms with Crippen LogP contribution in [0.2, 0.25) is 0 Å². The highest BCUT2D eigenvalue weighted by atomic mass is 19.2. The largest absolute Gasteiger partial charge is 0.381 e. The molecule has 0 aliphatic rings. The van der Waals surface area contributed by atoms with Crippen molar-refractivity contribution >= 4 is 5.82 Å². The molecule has 0 aliphatic carbocycles. The fourth-order valence-corrected chi connectivity index (χ4v) is 1.53. The van der Waals surface area contributed by atoms with Crippen LogP contribution >= 0.6 is 0 Å². The number of anilines is 1. The Balaban J connectivity index is 2.63. The average molecular weight is 256 g/mol. The van der Waals surface area contributed by atoms with Crippen LogP contribution in [-0.2, 0) is 5.67 Å². The van der Waals surface area contributed by atoms with Crippen LogP contribution < -0.4 is 5.73 Å². The van der Waals surface area contributed by atoms with Gasteiger partial charge in [-0.25, -0.2) is 13.2 Å². The molecule has 0 amide bonds. The van der Waals surface area contributed by atoms with Crippen molar-refractivity contribution in [2.24, 2.45) is 0 Å². The van der Waals surface area contributed by atoms with Crippen molar-refractivity contribution in [1.29, 1.82) is 0 Å². The highest BCUT2D eigenvalue weighted by Crippen LogP contribution is 2.32. The SMILES string of the molecule is CC(C)(F)c1cc(F)c(F)c(-c2cc(N)no2)c1. The molecule has 6 heteroatoms. The van der Waals surface area contributed by atoms with E-state index in [1.54, 1.807) is 0 Å². The van der Waals surface area contributed by atoms with Crippen molar-refractivity contribution in [3.05, 3.63) is 35.4 Å². The molecule has 3 nitrogen and oxygen atoms in total. The van der Waals surface area contributed by atoms with Crippen molar-refractivity contribution in [3.63, 3.8) is 0 Å². The van der Waals surface area contributed by atoms with Crippen LogP contribution in [0.15, 0.2) is 22.7 Å². The summed E-state index contributed by atoms with van der Waals surface area (Å²) in [5, 5.41) is 3.38. The highest BCUT2D eigenvalue weighted by molar-refractivity contribution is 5.62. The number of halogens is 3. The lowest BCUT2D eigenvalue weighted by atomic mass is 9.96. The first kappa shape index (κ1) is 12.5. The van der Waals surface area contributed by atoms with Crippen LogP contribution in [0.4, 0.5) is 19.0 Å². The van der Waals surface area contributed by atoms with E-state index >= 15 is 0 Å². The predicted molar refractivity (Wildman–Crippen MR) is 60.4 cm³/mol. The average Bonchev–Trinajstić information content (AvgIpc) is 2.67. The topological polar surface area (TPSA) is 52.0 Å². The molecule has 1 heterocycles. The molecule has 0 bridgehead atoms. The molecule has 0 radical (unpaired) electrons. The maximum absolute atomic E-state index is 13.8. The number of nitrogen functional groups attached to an aromatic ring is 1. The Morgan fingerprint density at radius 2 is 1.89 bits per heavy atom. The summed E-state index contributed by atoms with van der Waals surface area (Å²) < 4.78 is 45.6. The van der Waals surface area contributed by atoms with E-state index < -0.39 is 17.3 Å². The zero-order chi connectivity index (χ0) is 13.5. The van der Waals surface area contributed by atoms with E-state index in [1.165, 1.54) is 26.0 Å². The van der Waals surface area contributed by atoms with Gasteiger partial charge in [0.25, 0.3) is 0 Å². The third kappa shape index (κ3) is 2.18. The van der Waals surface area contributed by atoms with Crippen LogP contribution in [0.1, 0.15) is 19.4 Å². The summed E-state index contributed by atoms with van der Waals surface area (Å²) in [7, 11) is 0. The van der Waals surface area contributed by atoms with Crippen LogP contribution in [0.25, 0.3) is 11.3 Å². The molecule has 1 aromatic heterocycles. The first-order chi connectivity index (χ1) is 8.29. The first-order valence-electron chi connectivity index (χ1n) is 5.20. The molecule has 2 N–H and O–H groups in total. The van der Waals surface area contributed by atoms with Gasteiger partial charge < -0.3 is 10.3 Å². The second-order valence-electron chi connectivity index (χ2n) is 4.41. The van der Waals surface area contributed by atoms with E-state index in [2.05, 4.69) is 5.16 Å².